The van der Waals surface area contributed by atoms with Gasteiger partial charge in [-0.15, -0.1) is 0 Å². The monoisotopic (exact) mass is 411 g/mol. The van der Waals surface area contributed by atoms with Crippen LogP contribution in [-0.4, -0.2) is 54.7 Å². The highest BCUT2D eigenvalue weighted by Gasteiger charge is 2.48. The molecule has 0 spiro atoms. The molecule has 2 aromatic carbocycles. The van der Waals surface area contributed by atoms with E-state index >= 15 is 0 Å². The lowest BCUT2D eigenvalue weighted by molar-refractivity contribution is -0.132. The molecular weight excluding hydrogens is 382 g/mol. The maximum Gasteiger partial charge on any atom is 0.326 e. The number of ether oxygens (including phenoxy) is 2. The molecule has 0 radical (unpaired) electrons. The third-order valence-electron chi connectivity index (χ3n) is 5.39. The molecule has 30 heavy (non-hydrogen) atoms. The number of benzene rings is 2. The van der Waals surface area contributed by atoms with Crippen LogP contribution in [0.5, 0.6) is 11.5 Å². The van der Waals surface area contributed by atoms with Crippen LogP contribution < -0.4 is 14.8 Å². The molecule has 0 aromatic heterocycles. The molecule has 7 nitrogen and oxygen atoms in total. The molecule has 0 unspecified atom stereocenters. The maximum atomic E-state index is 13.2. The van der Waals surface area contributed by atoms with Crippen molar-refractivity contribution in [2.75, 3.05) is 27.4 Å². The molecule has 7 heteroatoms. The Morgan fingerprint density at radius 2 is 1.70 bits per heavy atom. The van der Waals surface area contributed by atoms with Crippen molar-refractivity contribution in [3.8, 4) is 11.5 Å². The van der Waals surface area contributed by atoms with Crippen molar-refractivity contribution < 1.29 is 19.1 Å². The van der Waals surface area contributed by atoms with Crippen LogP contribution in [0.2, 0.25) is 0 Å². The van der Waals surface area contributed by atoms with Crippen molar-refractivity contribution in [3.63, 3.8) is 0 Å². The van der Waals surface area contributed by atoms with Crippen molar-refractivity contribution in [1.82, 2.24) is 15.1 Å². The van der Waals surface area contributed by atoms with E-state index in [4.69, 9.17) is 9.47 Å². The maximum absolute atomic E-state index is 13.2. The summed E-state index contributed by atoms with van der Waals surface area (Å²) in [4.78, 5) is 29.2. The Morgan fingerprint density at radius 3 is 2.33 bits per heavy atom. The van der Waals surface area contributed by atoms with Gasteiger partial charge < -0.3 is 14.8 Å². The number of carbonyl (C=O) groups excluding carboxylic acids is 2. The number of hydrogen-bond donors (Lipinski definition) is 1. The number of methoxy groups -OCH3 is 2. The Bertz CT molecular complexity index is 903. The summed E-state index contributed by atoms with van der Waals surface area (Å²) in [5, 5.41) is 2.88. The summed E-state index contributed by atoms with van der Waals surface area (Å²) in [6.07, 6.45) is 0.360. The second kappa shape index (κ2) is 9.17. The minimum absolute atomic E-state index is 0.228. The zero-order chi connectivity index (χ0) is 21.7. The highest BCUT2D eigenvalue weighted by molar-refractivity contribution is 6.06. The van der Waals surface area contributed by atoms with Gasteiger partial charge in [-0.2, -0.15) is 0 Å². The summed E-state index contributed by atoms with van der Waals surface area (Å²) in [6.45, 7) is 5.42. The largest absolute Gasteiger partial charge is 0.493 e. The van der Waals surface area contributed by atoms with Gasteiger partial charge in [-0.05, 0) is 36.7 Å². The van der Waals surface area contributed by atoms with Crippen LogP contribution in [0.4, 0.5) is 4.79 Å². The van der Waals surface area contributed by atoms with E-state index < -0.39 is 5.54 Å². The Hall–Kier alpha value is -3.06. The smallest absolute Gasteiger partial charge is 0.326 e. The highest BCUT2D eigenvalue weighted by atomic mass is 16.5. The average Bonchev–Trinajstić information content (AvgIpc) is 2.96. The second-order valence-corrected chi connectivity index (χ2v) is 7.63. The molecule has 1 N–H and O–H groups in total. The number of hydrogen-bond acceptors (Lipinski definition) is 5. The third-order valence-corrected chi connectivity index (χ3v) is 5.39. The first-order valence-electron chi connectivity index (χ1n) is 10.0. The van der Waals surface area contributed by atoms with Gasteiger partial charge in [-0.3, -0.25) is 9.69 Å². The lowest BCUT2D eigenvalue weighted by Gasteiger charge is -2.26. The number of carbonyl (C=O) groups is 2. The molecule has 3 amide bonds. The third kappa shape index (κ3) is 4.57. The van der Waals surface area contributed by atoms with Crippen LogP contribution in [-0.2, 0) is 17.8 Å². The van der Waals surface area contributed by atoms with E-state index in [2.05, 4.69) is 10.2 Å². The molecule has 160 valence electrons. The van der Waals surface area contributed by atoms with E-state index in [1.54, 1.807) is 27.2 Å². The van der Waals surface area contributed by atoms with E-state index in [0.717, 1.165) is 17.7 Å². The summed E-state index contributed by atoms with van der Waals surface area (Å²) in [5.41, 5.74) is 1.00. The van der Waals surface area contributed by atoms with Crippen LogP contribution in [0.15, 0.2) is 48.5 Å². The summed E-state index contributed by atoms with van der Waals surface area (Å²) in [6, 6.07) is 15.2. The van der Waals surface area contributed by atoms with Crippen molar-refractivity contribution in [2.24, 2.45) is 0 Å². The van der Waals surface area contributed by atoms with Gasteiger partial charge in [0.2, 0.25) is 0 Å². The molecular formula is C23H29N3O4. The fourth-order valence-electron chi connectivity index (χ4n) is 3.70. The van der Waals surface area contributed by atoms with Crippen LogP contribution >= 0.6 is 0 Å². The molecule has 1 fully saturated rings. The van der Waals surface area contributed by atoms with Crippen LogP contribution in [0.1, 0.15) is 25.0 Å². The van der Waals surface area contributed by atoms with Gasteiger partial charge in [-0.25, -0.2) is 9.69 Å². The number of urea groups is 1. The average molecular weight is 412 g/mol. The van der Waals surface area contributed by atoms with Crippen LogP contribution in [0, 0.1) is 0 Å². The number of imide groups is 1. The Labute approximate surface area is 177 Å². The number of nitrogens with zero attached hydrogens (tertiary/aromatic N) is 2. The summed E-state index contributed by atoms with van der Waals surface area (Å²) in [7, 11) is 3.14. The summed E-state index contributed by atoms with van der Waals surface area (Å²) in [5.74, 6) is 0.982. The predicted octanol–water partition coefficient (Wildman–Crippen LogP) is 3.04. The number of nitrogens with one attached hydrogen (secondary N) is 1. The van der Waals surface area contributed by atoms with Crippen molar-refractivity contribution >= 4 is 11.9 Å². The Morgan fingerprint density at radius 1 is 1.00 bits per heavy atom. The summed E-state index contributed by atoms with van der Waals surface area (Å²) < 4.78 is 10.6. The van der Waals surface area contributed by atoms with Crippen LogP contribution in [0.25, 0.3) is 0 Å². The Balaban J connectivity index is 1.72. The standard InChI is InChI=1S/C23H29N3O4/c1-5-25(15-17-9-7-6-8-10-17)16-26-21(27)23(2,24-22(26)28)14-18-11-12-19(29-3)20(13-18)30-4/h6-13H,5,14-16H2,1-4H3,(H,24,28)/t23-/m0/s1. The van der Waals surface area contributed by atoms with Crippen LogP contribution in [0.3, 0.4) is 0 Å². The predicted molar refractivity (Wildman–Crippen MR) is 114 cm³/mol. The zero-order valence-corrected chi connectivity index (χ0v) is 18.0. The first kappa shape index (κ1) is 21.6. The zero-order valence-electron chi connectivity index (χ0n) is 18.0. The van der Waals surface area contributed by atoms with E-state index in [9.17, 15) is 9.59 Å². The van der Waals surface area contributed by atoms with Gasteiger partial charge in [0, 0.05) is 13.0 Å². The molecule has 1 saturated heterocycles. The lowest BCUT2D eigenvalue weighted by Crippen LogP contribution is -2.47. The summed E-state index contributed by atoms with van der Waals surface area (Å²) >= 11 is 0. The first-order chi connectivity index (χ1) is 14.4. The molecule has 2 aromatic rings. The highest BCUT2D eigenvalue weighted by Crippen LogP contribution is 2.30. The molecule has 1 aliphatic rings. The van der Waals surface area contributed by atoms with Crippen molar-refractivity contribution in [2.45, 2.75) is 32.4 Å². The molecule has 1 heterocycles. The second-order valence-electron chi connectivity index (χ2n) is 7.63. The minimum Gasteiger partial charge on any atom is -0.493 e. The fourth-order valence-corrected chi connectivity index (χ4v) is 3.70. The molecule has 1 aliphatic heterocycles. The van der Waals surface area contributed by atoms with Gasteiger partial charge in [0.1, 0.15) is 5.54 Å². The molecule has 1 atom stereocenters. The molecule has 0 aliphatic carbocycles. The van der Waals surface area contributed by atoms with Crippen molar-refractivity contribution in [1.29, 1.82) is 0 Å². The first-order valence-corrected chi connectivity index (χ1v) is 10.0. The van der Waals surface area contributed by atoms with Gasteiger partial charge in [0.15, 0.2) is 11.5 Å². The minimum atomic E-state index is -1.01. The van der Waals surface area contributed by atoms with E-state index in [1.165, 1.54) is 4.90 Å². The van der Waals surface area contributed by atoms with E-state index in [1.807, 2.05) is 49.4 Å². The van der Waals surface area contributed by atoms with Crippen molar-refractivity contribution in [3.05, 3.63) is 59.7 Å². The van der Waals surface area contributed by atoms with Gasteiger partial charge >= 0.3 is 6.03 Å². The molecule has 0 bridgehead atoms. The fraction of sp³-hybridized carbons (Fsp3) is 0.391. The van der Waals surface area contributed by atoms with Gasteiger partial charge in [0.25, 0.3) is 5.91 Å². The SMILES string of the molecule is CCN(Cc1ccccc1)CN1C(=O)N[C@@](C)(Cc2ccc(OC)c(OC)c2)C1=O. The quantitative estimate of drug-likeness (QED) is 0.642. The topological polar surface area (TPSA) is 71.1 Å². The number of amides is 3. The normalized spacial score (nSPS) is 18.6. The van der Waals surface area contributed by atoms with E-state index in [-0.39, 0.29) is 18.6 Å². The van der Waals surface area contributed by atoms with Gasteiger partial charge in [0.05, 0.1) is 20.9 Å². The lowest BCUT2D eigenvalue weighted by atomic mass is 9.92. The number of rotatable bonds is 9. The Kier molecular flexibility index (Phi) is 6.62. The molecule has 3 rings (SSSR count). The van der Waals surface area contributed by atoms with Gasteiger partial charge in [-0.1, -0.05) is 43.3 Å². The van der Waals surface area contributed by atoms with E-state index in [0.29, 0.717) is 24.5 Å². The molecule has 0 saturated carbocycles.